The molecule has 3 N–H and O–H groups in total. The van der Waals surface area contributed by atoms with Crippen LogP contribution < -0.4 is 10.6 Å². The third-order valence-electron chi connectivity index (χ3n) is 4.54. The number of hydrogen-bond acceptors (Lipinski definition) is 9. The standard InChI is InChI=1S/C18H22N6O2S/c1-10-12-13(27-14(10)18(2,3)25)16(24-4-6-26-7-5-24)23-15(22-12)11-8-20-17(19)21-9-11/h8-9,25H,4-7H2,1-3H3,(H2,19,20,21). The smallest absolute Gasteiger partial charge is 0.219 e. The number of nitrogen functional groups attached to an aromatic ring is 1. The molecule has 9 heteroatoms. The minimum atomic E-state index is -0.942. The molecule has 4 heterocycles. The van der Waals surface area contributed by atoms with E-state index in [0.29, 0.717) is 24.6 Å². The van der Waals surface area contributed by atoms with Crippen molar-refractivity contribution in [1.29, 1.82) is 0 Å². The molecule has 0 amide bonds. The van der Waals surface area contributed by atoms with E-state index in [1.807, 2.05) is 6.92 Å². The van der Waals surface area contributed by atoms with E-state index in [9.17, 15) is 5.11 Å². The van der Waals surface area contributed by atoms with E-state index in [1.54, 1.807) is 37.6 Å². The highest BCUT2D eigenvalue weighted by Crippen LogP contribution is 2.41. The maximum absolute atomic E-state index is 10.6. The normalized spacial score (nSPS) is 15.5. The molecule has 0 atom stereocenters. The monoisotopic (exact) mass is 386 g/mol. The second-order valence-electron chi connectivity index (χ2n) is 7.09. The van der Waals surface area contributed by atoms with E-state index in [4.69, 9.17) is 20.4 Å². The molecule has 0 bridgehead atoms. The lowest BCUT2D eigenvalue weighted by Crippen LogP contribution is -2.36. The predicted octanol–water partition coefficient (Wildman–Crippen LogP) is 2.10. The van der Waals surface area contributed by atoms with Crippen LogP contribution in [0.4, 0.5) is 11.8 Å². The Morgan fingerprint density at radius 1 is 1.19 bits per heavy atom. The lowest BCUT2D eigenvalue weighted by atomic mass is 10.0. The summed E-state index contributed by atoms with van der Waals surface area (Å²) in [6.45, 7) is 8.42. The summed E-state index contributed by atoms with van der Waals surface area (Å²) < 4.78 is 6.47. The van der Waals surface area contributed by atoms with Crippen molar-refractivity contribution >= 4 is 33.3 Å². The van der Waals surface area contributed by atoms with Gasteiger partial charge >= 0.3 is 0 Å². The fraction of sp³-hybridized carbons (Fsp3) is 0.444. The Labute approximate surface area is 161 Å². The lowest BCUT2D eigenvalue weighted by Gasteiger charge is -2.28. The Morgan fingerprint density at radius 3 is 2.48 bits per heavy atom. The largest absolute Gasteiger partial charge is 0.385 e. The Morgan fingerprint density at radius 2 is 1.85 bits per heavy atom. The zero-order valence-corrected chi connectivity index (χ0v) is 16.4. The fourth-order valence-corrected chi connectivity index (χ4v) is 4.49. The number of nitrogens with two attached hydrogens (primary N) is 1. The van der Waals surface area contributed by atoms with E-state index in [-0.39, 0.29) is 5.95 Å². The number of nitrogens with zero attached hydrogens (tertiary/aromatic N) is 5. The number of ether oxygens (including phenoxy) is 1. The highest BCUT2D eigenvalue weighted by atomic mass is 32.1. The summed E-state index contributed by atoms with van der Waals surface area (Å²) in [5, 5.41) is 10.6. The fourth-order valence-electron chi connectivity index (χ4n) is 3.23. The number of aryl methyl sites for hydroxylation is 1. The maximum Gasteiger partial charge on any atom is 0.219 e. The summed E-state index contributed by atoms with van der Waals surface area (Å²) >= 11 is 1.55. The van der Waals surface area contributed by atoms with Gasteiger partial charge in [0.15, 0.2) is 11.6 Å². The van der Waals surface area contributed by atoms with Crippen LogP contribution in [0.3, 0.4) is 0 Å². The van der Waals surface area contributed by atoms with Crippen LogP contribution >= 0.6 is 11.3 Å². The number of rotatable bonds is 3. The van der Waals surface area contributed by atoms with Gasteiger partial charge in [-0.15, -0.1) is 11.3 Å². The second kappa shape index (κ2) is 6.66. The first kappa shape index (κ1) is 18.0. The minimum absolute atomic E-state index is 0.212. The topological polar surface area (TPSA) is 110 Å². The third kappa shape index (κ3) is 3.33. The van der Waals surface area contributed by atoms with Crippen molar-refractivity contribution in [3.05, 3.63) is 22.8 Å². The van der Waals surface area contributed by atoms with Crippen LogP contribution in [0.15, 0.2) is 12.4 Å². The van der Waals surface area contributed by atoms with Crippen LogP contribution in [0.25, 0.3) is 21.6 Å². The van der Waals surface area contributed by atoms with E-state index >= 15 is 0 Å². The molecule has 0 aliphatic carbocycles. The van der Waals surface area contributed by atoms with Gasteiger partial charge in [-0.2, -0.15) is 0 Å². The van der Waals surface area contributed by atoms with Crippen molar-refractivity contribution in [1.82, 2.24) is 19.9 Å². The van der Waals surface area contributed by atoms with Crippen LogP contribution in [-0.2, 0) is 10.3 Å². The molecule has 3 aromatic rings. The van der Waals surface area contributed by atoms with Gasteiger partial charge in [-0.25, -0.2) is 19.9 Å². The summed E-state index contributed by atoms with van der Waals surface area (Å²) in [5.41, 5.74) is 7.19. The SMILES string of the molecule is Cc1c(C(C)(C)O)sc2c(N3CCOCC3)nc(-c3cnc(N)nc3)nc12. The maximum atomic E-state index is 10.6. The predicted molar refractivity (Wildman–Crippen MR) is 106 cm³/mol. The number of fused-ring (bicyclic) bond motifs is 1. The molecule has 1 saturated heterocycles. The molecule has 3 aromatic heterocycles. The molecule has 0 spiro atoms. The van der Waals surface area contributed by atoms with Crippen molar-refractivity contribution in [2.24, 2.45) is 0 Å². The Kier molecular flexibility index (Phi) is 4.45. The second-order valence-corrected chi connectivity index (χ2v) is 8.11. The van der Waals surface area contributed by atoms with Crippen LogP contribution in [0.5, 0.6) is 0 Å². The summed E-state index contributed by atoms with van der Waals surface area (Å²) in [7, 11) is 0. The van der Waals surface area contributed by atoms with E-state index in [2.05, 4.69) is 14.9 Å². The van der Waals surface area contributed by atoms with Gasteiger partial charge in [0.2, 0.25) is 5.95 Å². The van der Waals surface area contributed by atoms with Crippen LogP contribution in [0.2, 0.25) is 0 Å². The van der Waals surface area contributed by atoms with Gasteiger partial charge in [0, 0.05) is 30.4 Å². The van der Waals surface area contributed by atoms with Crippen molar-refractivity contribution in [2.45, 2.75) is 26.4 Å². The van der Waals surface area contributed by atoms with E-state index in [0.717, 1.165) is 39.6 Å². The van der Waals surface area contributed by atoms with Crippen LogP contribution in [0, 0.1) is 6.92 Å². The first-order chi connectivity index (χ1) is 12.8. The molecule has 0 radical (unpaired) electrons. The molecule has 4 rings (SSSR count). The van der Waals surface area contributed by atoms with Gasteiger partial charge in [-0.1, -0.05) is 0 Å². The van der Waals surface area contributed by atoms with Crippen molar-refractivity contribution in [2.75, 3.05) is 36.9 Å². The average molecular weight is 386 g/mol. The first-order valence-electron chi connectivity index (χ1n) is 8.79. The van der Waals surface area contributed by atoms with Crippen molar-refractivity contribution < 1.29 is 9.84 Å². The summed E-state index contributed by atoms with van der Waals surface area (Å²) in [6.07, 6.45) is 3.26. The van der Waals surface area contributed by atoms with Crippen molar-refractivity contribution in [3.63, 3.8) is 0 Å². The molecule has 8 nitrogen and oxygen atoms in total. The number of anilines is 2. The van der Waals surface area contributed by atoms with Crippen LogP contribution in [0.1, 0.15) is 24.3 Å². The molecule has 1 aliphatic heterocycles. The number of thiophene rings is 1. The van der Waals surface area contributed by atoms with Crippen molar-refractivity contribution in [3.8, 4) is 11.4 Å². The first-order valence-corrected chi connectivity index (χ1v) is 9.61. The van der Waals surface area contributed by atoms with Gasteiger partial charge in [0.25, 0.3) is 0 Å². The van der Waals surface area contributed by atoms with Crippen LogP contribution in [-0.4, -0.2) is 51.3 Å². The third-order valence-corrected chi connectivity index (χ3v) is 6.13. The summed E-state index contributed by atoms with van der Waals surface area (Å²) in [6, 6.07) is 0. The molecule has 1 aliphatic rings. The Hall–Kier alpha value is -2.36. The lowest BCUT2D eigenvalue weighted by molar-refractivity contribution is 0.0820. The van der Waals surface area contributed by atoms with Gasteiger partial charge in [0.05, 0.1) is 34.6 Å². The minimum Gasteiger partial charge on any atom is -0.385 e. The zero-order chi connectivity index (χ0) is 19.2. The zero-order valence-electron chi connectivity index (χ0n) is 15.6. The van der Waals surface area contributed by atoms with Gasteiger partial charge in [0.1, 0.15) is 0 Å². The van der Waals surface area contributed by atoms with E-state index < -0.39 is 5.60 Å². The highest BCUT2D eigenvalue weighted by molar-refractivity contribution is 7.20. The Bertz CT molecular complexity index is 974. The molecule has 0 saturated carbocycles. The van der Waals surface area contributed by atoms with Gasteiger partial charge in [-0.3, -0.25) is 0 Å². The molecular formula is C18H22N6O2S. The van der Waals surface area contributed by atoms with Gasteiger partial charge in [-0.05, 0) is 26.3 Å². The summed E-state index contributed by atoms with van der Waals surface area (Å²) in [5.74, 6) is 1.62. The number of morpholine rings is 1. The molecule has 1 fully saturated rings. The molecule has 0 aromatic carbocycles. The Balaban J connectivity index is 1.95. The molecule has 142 valence electrons. The molecular weight excluding hydrogens is 364 g/mol. The summed E-state index contributed by atoms with van der Waals surface area (Å²) in [4.78, 5) is 20.8. The van der Waals surface area contributed by atoms with E-state index in [1.165, 1.54) is 0 Å². The number of hydrogen-bond donors (Lipinski definition) is 2. The number of aliphatic hydroxyl groups is 1. The highest BCUT2D eigenvalue weighted by Gasteiger charge is 2.27. The molecule has 0 unspecified atom stereocenters. The quantitative estimate of drug-likeness (QED) is 0.704. The molecule has 27 heavy (non-hydrogen) atoms. The average Bonchev–Trinajstić information content (AvgIpc) is 2.99. The van der Waals surface area contributed by atoms with Gasteiger partial charge < -0.3 is 20.5 Å². The number of aromatic nitrogens is 4.